The summed E-state index contributed by atoms with van der Waals surface area (Å²) in [5.41, 5.74) is -0.316. The van der Waals surface area contributed by atoms with Crippen molar-refractivity contribution in [3.63, 3.8) is 0 Å². The molecule has 1 heterocycles. The Morgan fingerprint density at radius 3 is 2.65 bits per heavy atom. The predicted octanol–water partition coefficient (Wildman–Crippen LogP) is 0.410. The van der Waals surface area contributed by atoms with Crippen molar-refractivity contribution in [1.29, 1.82) is 0 Å². The van der Waals surface area contributed by atoms with Gasteiger partial charge in [-0.15, -0.1) is 0 Å². The molecule has 0 aromatic rings. The molecule has 0 aromatic heterocycles. The van der Waals surface area contributed by atoms with Crippen LogP contribution in [0.1, 0.15) is 27.7 Å². The molecule has 0 radical (unpaired) electrons. The number of amides is 1. The molecule has 0 bridgehead atoms. The van der Waals surface area contributed by atoms with Crippen LogP contribution in [-0.2, 0) is 14.3 Å². The molecule has 1 aliphatic heterocycles. The van der Waals surface area contributed by atoms with E-state index in [-0.39, 0.29) is 36.9 Å². The summed E-state index contributed by atoms with van der Waals surface area (Å²) in [5.74, 6) is -0.0477. The number of carbonyl (C=O) groups is 1. The van der Waals surface area contributed by atoms with Gasteiger partial charge in [0.2, 0.25) is 5.91 Å². The fourth-order valence-corrected chi connectivity index (χ4v) is 1.72. The van der Waals surface area contributed by atoms with Crippen LogP contribution in [-0.4, -0.2) is 60.0 Å². The molecule has 0 spiro atoms. The molecule has 2 unspecified atom stereocenters. The first-order chi connectivity index (χ1) is 7.81. The van der Waals surface area contributed by atoms with E-state index in [1.807, 2.05) is 27.7 Å². The molecule has 100 valence electrons. The smallest absolute Gasteiger partial charge is 0.248 e. The molecule has 2 atom stereocenters. The first kappa shape index (κ1) is 14.4. The third-order valence-corrected chi connectivity index (χ3v) is 2.51. The summed E-state index contributed by atoms with van der Waals surface area (Å²) in [6.07, 6.45) is -0.322. The highest BCUT2D eigenvalue weighted by Crippen LogP contribution is 2.12. The van der Waals surface area contributed by atoms with E-state index >= 15 is 0 Å². The van der Waals surface area contributed by atoms with Crippen LogP contribution in [0.3, 0.4) is 0 Å². The molecule has 0 aliphatic carbocycles. The van der Waals surface area contributed by atoms with Crippen molar-refractivity contribution in [2.45, 2.75) is 45.5 Å². The van der Waals surface area contributed by atoms with Gasteiger partial charge in [-0.25, -0.2) is 0 Å². The first-order valence-corrected chi connectivity index (χ1v) is 6.00. The van der Waals surface area contributed by atoms with Crippen LogP contribution in [0, 0.1) is 0 Å². The fourth-order valence-electron chi connectivity index (χ4n) is 1.72. The van der Waals surface area contributed by atoms with Crippen LogP contribution in [0.2, 0.25) is 0 Å². The zero-order valence-corrected chi connectivity index (χ0v) is 11.1. The molecule has 5 heteroatoms. The number of hydrogen-bond donors (Lipinski definition) is 1. The van der Waals surface area contributed by atoms with Crippen LogP contribution >= 0.6 is 0 Å². The summed E-state index contributed by atoms with van der Waals surface area (Å²) in [4.78, 5) is 13.6. The van der Waals surface area contributed by atoms with Crippen molar-refractivity contribution in [3.05, 3.63) is 0 Å². The van der Waals surface area contributed by atoms with E-state index < -0.39 is 0 Å². The van der Waals surface area contributed by atoms with Gasteiger partial charge >= 0.3 is 0 Å². The molecule has 1 saturated heterocycles. The van der Waals surface area contributed by atoms with Crippen molar-refractivity contribution >= 4 is 5.91 Å². The van der Waals surface area contributed by atoms with Crippen LogP contribution in [0.15, 0.2) is 0 Å². The summed E-state index contributed by atoms with van der Waals surface area (Å²) in [5, 5.41) is 9.07. The molecule has 1 amide bonds. The first-order valence-electron chi connectivity index (χ1n) is 6.00. The SMILES string of the molecule is CC1CN(C(=O)COC(C)(C)C)CC(CO)O1. The Morgan fingerprint density at radius 2 is 2.12 bits per heavy atom. The number of aliphatic hydroxyl groups excluding tert-OH is 1. The molecule has 1 fully saturated rings. The quantitative estimate of drug-likeness (QED) is 0.782. The van der Waals surface area contributed by atoms with Crippen LogP contribution in [0.4, 0.5) is 0 Å². The zero-order valence-electron chi connectivity index (χ0n) is 11.1. The van der Waals surface area contributed by atoms with Gasteiger partial charge in [-0.05, 0) is 27.7 Å². The third-order valence-electron chi connectivity index (χ3n) is 2.51. The van der Waals surface area contributed by atoms with Crippen LogP contribution in [0.5, 0.6) is 0 Å². The van der Waals surface area contributed by atoms with Crippen molar-refractivity contribution in [2.75, 3.05) is 26.3 Å². The lowest BCUT2D eigenvalue weighted by atomic mass is 10.2. The Bertz CT molecular complexity index is 262. The molecule has 1 N–H and O–H groups in total. The lowest BCUT2D eigenvalue weighted by Gasteiger charge is -2.36. The van der Waals surface area contributed by atoms with Crippen molar-refractivity contribution in [2.24, 2.45) is 0 Å². The van der Waals surface area contributed by atoms with Gasteiger partial charge in [-0.1, -0.05) is 0 Å². The molecule has 5 nitrogen and oxygen atoms in total. The average Bonchev–Trinajstić information content (AvgIpc) is 2.23. The van der Waals surface area contributed by atoms with Gasteiger partial charge in [0.25, 0.3) is 0 Å². The highest BCUT2D eigenvalue weighted by molar-refractivity contribution is 5.77. The predicted molar refractivity (Wildman–Crippen MR) is 63.7 cm³/mol. The summed E-state index contributed by atoms with van der Waals surface area (Å²) in [7, 11) is 0. The second-order valence-electron chi connectivity index (χ2n) is 5.45. The van der Waals surface area contributed by atoms with Gasteiger partial charge in [0.1, 0.15) is 6.61 Å². The van der Waals surface area contributed by atoms with E-state index in [2.05, 4.69) is 0 Å². The summed E-state index contributed by atoms with van der Waals surface area (Å²) in [6.45, 7) is 8.65. The Hall–Kier alpha value is -0.650. The Labute approximate surface area is 103 Å². The Morgan fingerprint density at radius 1 is 1.47 bits per heavy atom. The zero-order chi connectivity index (χ0) is 13.1. The number of ether oxygens (including phenoxy) is 2. The van der Waals surface area contributed by atoms with E-state index in [9.17, 15) is 4.79 Å². The van der Waals surface area contributed by atoms with E-state index in [1.54, 1.807) is 4.90 Å². The minimum Gasteiger partial charge on any atom is -0.394 e. The van der Waals surface area contributed by atoms with E-state index in [0.29, 0.717) is 13.1 Å². The minimum atomic E-state index is -0.316. The maximum Gasteiger partial charge on any atom is 0.248 e. The summed E-state index contributed by atoms with van der Waals surface area (Å²) in [6, 6.07) is 0. The number of morpholine rings is 1. The minimum absolute atomic E-state index is 0.0421. The number of carbonyl (C=O) groups excluding carboxylic acids is 1. The lowest BCUT2D eigenvalue weighted by molar-refractivity contribution is -0.155. The van der Waals surface area contributed by atoms with Crippen molar-refractivity contribution in [1.82, 2.24) is 4.90 Å². The van der Waals surface area contributed by atoms with Crippen LogP contribution in [0.25, 0.3) is 0 Å². The third kappa shape index (κ3) is 5.02. The maximum atomic E-state index is 11.9. The number of hydrogen-bond acceptors (Lipinski definition) is 4. The largest absolute Gasteiger partial charge is 0.394 e. The summed E-state index contributed by atoms with van der Waals surface area (Å²) < 4.78 is 10.9. The average molecular weight is 245 g/mol. The van der Waals surface area contributed by atoms with Gasteiger partial charge in [0, 0.05) is 13.1 Å². The molecule has 17 heavy (non-hydrogen) atoms. The molecule has 1 rings (SSSR count). The molecule has 0 aromatic carbocycles. The number of nitrogens with zero attached hydrogens (tertiary/aromatic N) is 1. The fraction of sp³-hybridized carbons (Fsp3) is 0.917. The van der Waals surface area contributed by atoms with Crippen LogP contribution < -0.4 is 0 Å². The number of rotatable bonds is 3. The normalized spacial score (nSPS) is 26.1. The highest BCUT2D eigenvalue weighted by atomic mass is 16.5. The van der Waals surface area contributed by atoms with E-state index in [1.165, 1.54) is 0 Å². The van der Waals surface area contributed by atoms with Gasteiger partial charge < -0.3 is 19.5 Å². The van der Waals surface area contributed by atoms with Gasteiger partial charge in [0.15, 0.2) is 0 Å². The molecule has 0 saturated carbocycles. The second-order valence-corrected chi connectivity index (χ2v) is 5.45. The lowest BCUT2D eigenvalue weighted by Crippen LogP contribution is -2.51. The van der Waals surface area contributed by atoms with Gasteiger partial charge in [0.05, 0.1) is 24.4 Å². The Kier molecular flexibility index (Phi) is 4.91. The van der Waals surface area contributed by atoms with Crippen molar-refractivity contribution < 1.29 is 19.4 Å². The molecular weight excluding hydrogens is 222 g/mol. The van der Waals surface area contributed by atoms with E-state index in [4.69, 9.17) is 14.6 Å². The standard InChI is InChI=1S/C12H23NO4/c1-9-5-13(6-10(7-14)17-9)11(15)8-16-12(2,3)4/h9-10,14H,5-8H2,1-4H3. The van der Waals surface area contributed by atoms with Crippen molar-refractivity contribution in [3.8, 4) is 0 Å². The van der Waals surface area contributed by atoms with Gasteiger partial charge in [-0.2, -0.15) is 0 Å². The molecule has 1 aliphatic rings. The summed E-state index contributed by atoms with van der Waals surface area (Å²) >= 11 is 0. The maximum absolute atomic E-state index is 11.9. The van der Waals surface area contributed by atoms with Gasteiger partial charge in [-0.3, -0.25) is 4.79 Å². The molecular formula is C12H23NO4. The second kappa shape index (κ2) is 5.80. The monoisotopic (exact) mass is 245 g/mol. The highest BCUT2D eigenvalue weighted by Gasteiger charge is 2.28. The van der Waals surface area contributed by atoms with E-state index in [0.717, 1.165) is 0 Å². The number of aliphatic hydroxyl groups is 1. The Balaban J connectivity index is 2.45. The topological polar surface area (TPSA) is 59.0 Å².